The van der Waals surface area contributed by atoms with E-state index in [0.717, 1.165) is 0 Å². The molecule has 0 fully saturated rings. The molecular weight excluding hydrogens is 248 g/mol. The van der Waals surface area contributed by atoms with Gasteiger partial charge in [-0.3, -0.25) is 9.59 Å². The highest BCUT2D eigenvalue weighted by molar-refractivity contribution is 6.00. The molecule has 19 heavy (non-hydrogen) atoms. The van der Waals surface area contributed by atoms with E-state index in [1.165, 1.54) is 21.3 Å². The number of carbonyl (C=O) groups excluding carboxylic acids is 2. The minimum atomic E-state index is -0.482. The van der Waals surface area contributed by atoms with Crippen molar-refractivity contribution in [1.82, 2.24) is 0 Å². The first-order chi connectivity index (χ1) is 9.03. The lowest BCUT2D eigenvalue weighted by molar-refractivity contribution is -0.144. The second kappa shape index (κ2) is 6.78. The number of ketones is 1. The molecule has 0 amide bonds. The van der Waals surface area contributed by atoms with Crippen molar-refractivity contribution in [3.8, 4) is 11.5 Å². The van der Waals surface area contributed by atoms with E-state index in [0.29, 0.717) is 17.1 Å². The maximum atomic E-state index is 12.1. The Hall–Kier alpha value is -2.04. The van der Waals surface area contributed by atoms with Crippen LogP contribution in [0.1, 0.15) is 23.7 Å². The number of benzene rings is 1. The van der Waals surface area contributed by atoms with Crippen LogP contribution in [0.25, 0.3) is 0 Å². The van der Waals surface area contributed by atoms with Gasteiger partial charge in [0.1, 0.15) is 11.5 Å². The van der Waals surface area contributed by atoms with Crippen molar-refractivity contribution in [3.05, 3.63) is 23.8 Å². The zero-order valence-corrected chi connectivity index (χ0v) is 11.6. The van der Waals surface area contributed by atoms with Gasteiger partial charge < -0.3 is 14.2 Å². The first-order valence-corrected chi connectivity index (χ1v) is 5.86. The molecule has 5 nitrogen and oxygen atoms in total. The molecule has 1 unspecified atom stereocenters. The van der Waals surface area contributed by atoms with Gasteiger partial charge in [0.05, 0.1) is 32.8 Å². The van der Waals surface area contributed by atoms with Crippen molar-refractivity contribution < 1.29 is 23.8 Å². The van der Waals surface area contributed by atoms with Gasteiger partial charge in [0, 0.05) is 12.5 Å². The molecule has 0 spiro atoms. The maximum Gasteiger partial charge on any atom is 0.308 e. The Morgan fingerprint density at radius 3 is 2.37 bits per heavy atom. The first kappa shape index (κ1) is 15.0. The summed E-state index contributed by atoms with van der Waals surface area (Å²) in [6.45, 7) is 1.65. The van der Waals surface area contributed by atoms with Crippen LogP contribution in [0.3, 0.4) is 0 Å². The van der Waals surface area contributed by atoms with E-state index in [1.54, 1.807) is 25.1 Å². The third kappa shape index (κ3) is 3.71. The average molecular weight is 266 g/mol. The number of hydrogen-bond donors (Lipinski definition) is 0. The topological polar surface area (TPSA) is 61.8 Å². The molecule has 104 valence electrons. The molecule has 0 aliphatic heterocycles. The summed E-state index contributed by atoms with van der Waals surface area (Å²) in [6, 6.07) is 4.94. The lowest BCUT2D eigenvalue weighted by atomic mass is 9.99. The summed E-state index contributed by atoms with van der Waals surface area (Å²) in [5.41, 5.74) is 0.430. The van der Waals surface area contributed by atoms with Gasteiger partial charge in [0.2, 0.25) is 0 Å². The molecule has 0 heterocycles. The third-order valence-corrected chi connectivity index (χ3v) is 2.80. The van der Waals surface area contributed by atoms with Crippen molar-refractivity contribution in [3.63, 3.8) is 0 Å². The number of hydrogen-bond acceptors (Lipinski definition) is 5. The van der Waals surface area contributed by atoms with E-state index < -0.39 is 11.9 Å². The fourth-order valence-electron chi connectivity index (χ4n) is 1.70. The van der Waals surface area contributed by atoms with Crippen LogP contribution in [0.4, 0.5) is 0 Å². The summed E-state index contributed by atoms with van der Waals surface area (Å²) in [7, 11) is 4.32. The van der Waals surface area contributed by atoms with Crippen molar-refractivity contribution in [2.45, 2.75) is 13.3 Å². The fraction of sp³-hybridized carbons (Fsp3) is 0.429. The van der Waals surface area contributed by atoms with E-state index in [2.05, 4.69) is 4.74 Å². The smallest absolute Gasteiger partial charge is 0.308 e. The van der Waals surface area contributed by atoms with Gasteiger partial charge in [0.25, 0.3) is 0 Å². The zero-order valence-electron chi connectivity index (χ0n) is 11.6. The van der Waals surface area contributed by atoms with Crippen molar-refractivity contribution in [1.29, 1.82) is 0 Å². The maximum absolute atomic E-state index is 12.1. The van der Waals surface area contributed by atoms with E-state index in [9.17, 15) is 9.59 Å². The molecule has 1 aromatic carbocycles. The largest absolute Gasteiger partial charge is 0.497 e. The Morgan fingerprint density at radius 2 is 1.84 bits per heavy atom. The van der Waals surface area contributed by atoms with Gasteiger partial charge >= 0.3 is 5.97 Å². The van der Waals surface area contributed by atoms with Crippen LogP contribution in [0.15, 0.2) is 18.2 Å². The second-order valence-electron chi connectivity index (χ2n) is 4.12. The van der Waals surface area contributed by atoms with Crippen LogP contribution in [0.5, 0.6) is 11.5 Å². The summed E-state index contributed by atoms with van der Waals surface area (Å²) >= 11 is 0. The van der Waals surface area contributed by atoms with Gasteiger partial charge in [-0.1, -0.05) is 6.92 Å². The minimum absolute atomic E-state index is 0.0787. The van der Waals surface area contributed by atoms with Gasteiger partial charge in [-0.05, 0) is 12.1 Å². The molecule has 5 heteroatoms. The Kier molecular flexibility index (Phi) is 5.36. The molecule has 1 atom stereocenters. The first-order valence-electron chi connectivity index (χ1n) is 5.86. The molecule has 1 aromatic rings. The Labute approximate surface area is 112 Å². The highest BCUT2D eigenvalue weighted by Crippen LogP contribution is 2.26. The summed E-state index contributed by atoms with van der Waals surface area (Å²) in [5, 5.41) is 0. The molecule has 0 aliphatic rings. The molecule has 0 saturated carbocycles. The molecule has 0 aliphatic carbocycles. The van der Waals surface area contributed by atoms with Crippen LogP contribution >= 0.6 is 0 Å². The predicted molar refractivity (Wildman–Crippen MR) is 69.7 cm³/mol. The minimum Gasteiger partial charge on any atom is -0.497 e. The van der Waals surface area contributed by atoms with Gasteiger partial charge in [-0.2, -0.15) is 0 Å². The van der Waals surface area contributed by atoms with Crippen LogP contribution in [0.2, 0.25) is 0 Å². The Bertz CT molecular complexity index is 467. The molecule has 0 N–H and O–H groups in total. The van der Waals surface area contributed by atoms with E-state index in [-0.39, 0.29) is 12.2 Å². The van der Waals surface area contributed by atoms with Crippen LogP contribution < -0.4 is 9.47 Å². The van der Waals surface area contributed by atoms with Gasteiger partial charge in [-0.25, -0.2) is 0 Å². The highest BCUT2D eigenvalue weighted by atomic mass is 16.5. The van der Waals surface area contributed by atoms with Crippen molar-refractivity contribution in [2.75, 3.05) is 21.3 Å². The summed E-state index contributed by atoms with van der Waals surface area (Å²) < 4.78 is 14.8. The summed E-state index contributed by atoms with van der Waals surface area (Å²) in [6.07, 6.45) is 0.0787. The van der Waals surface area contributed by atoms with Crippen LogP contribution in [-0.2, 0) is 9.53 Å². The number of methoxy groups -OCH3 is 3. The van der Waals surface area contributed by atoms with E-state index >= 15 is 0 Å². The quantitative estimate of drug-likeness (QED) is 0.582. The lowest BCUT2D eigenvalue weighted by Crippen LogP contribution is -2.17. The molecule has 0 aromatic heterocycles. The Balaban J connectivity index is 2.90. The van der Waals surface area contributed by atoms with Crippen molar-refractivity contribution in [2.24, 2.45) is 5.92 Å². The summed E-state index contributed by atoms with van der Waals surface area (Å²) in [4.78, 5) is 23.4. The number of carbonyl (C=O) groups is 2. The fourth-order valence-corrected chi connectivity index (χ4v) is 1.70. The van der Waals surface area contributed by atoms with Gasteiger partial charge in [0.15, 0.2) is 5.78 Å². The normalized spacial score (nSPS) is 11.6. The second-order valence-corrected chi connectivity index (χ2v) is 4.12. The predicted octanol–water partition coefficient (Wildman–Crippen LogP) is 2.09. The molecule has 1 rings (SSSR count). The summed E-state index contributed by atoms with van der Waals surface area (Å²) in [5.74, 6) is -0.0154. The Morgan fingerprint density at radius 1 is 1.16 bits per heavy atom. The lowest BCUT2D eigenvalue weighted by Gasteiger charge is -2.11. The molecule has 0 radical (unpaired) electrons. The van der Waals surface area contributed by atoms with Crippen LogP contribution in [-0.4, -0.2) is 33.1 Å². The van der Waals surface area contributed by atoms with E-state index in [4.69, 9.17) is 9.47 Å². The van der Waals surface area contributed by atoms with Gasteiger partial charge in [-0.15, -0.1) is 0 Å². The SMILES string of the molecule is COC(=O)C(C)CC(=O)c1ccc(OC)cc1OC. The number of esters is 1. The molecular formula is C14H18O5. The standard InChI is InChI=1S/C14H18O5/c1-9(14(16)19-4)7-12(15)11-6-5-10(17-2)8-13(11)18-3/h5-6,8-9H,7H2,1-4H3. The monoisotopic (exact) mass is 266 g/mol. The average Bonchev–Trinajstić information content (AvgIpc) is 2.45. The number of ether oxygens (including phenoxy) is 3. The number of rotatable bonds is 6. The third-order valence-electron chi connectivity index (χ3n) is 2.80. The molecule has 0 saturated heterocycles. The van der Waals surface area contributed by atoms with Crippen molar-refractivity contribution >= 4 is 11.8 Å². The number of Topliss-reactive ketones (excluding diaryl/α,β-unsaturated/α-hetero) is 1. The zero-order chi connectivity index (χ0) is 14.4. The van der Waals surface area contributed by atoms with Crippen LogP contribution in [0, 0.1) is 5.92 Å². The molecule has 0 bridgehead atoms. The van der Waals surface area contributed by atoms with E-state index in [1.807, 2.05) is 0 Å². The highest BCUT2D eigenvalue weighted by Gasteiger charge is 2.21.